The molecule has 0 bridgehead atoms. The van der Waals surface area contributed by atoms with E-state index in [2.05, 4.69) is 25.1 Å². The van der Waals surface area contributed by atoms with E-state index in [1.807, 2.05) is 6.07 Å². The lowest BCUT2D eigenvalue weighted by atomic mass is 9.95. The summed E-state index contributed by atoms with van der Waals surface area (Å²) >= 11 is 0. The summed E-state index contributed by atoms with van der Waals surface area (Å²) in [5.41, 5.74) is 8.11. The third kappa shape index (κ3) is 2.83. The van der Waals surface area contributed by atoms with Crippen molar-refractivity contribution in [2.75, 3.05) is 13.2 Å². The molecule has 0 saturated carbocycles. The summed E-state index contributed by atoms with van der Waals surface area (Å²) in [6, 6.07) is 8.30. The molecule has 2 nitrogen and oxygen atoms in total. The van der Waals surface area contributed by atoms with E-state index < -0.39 is 0 Å². The van der Waals surface area contributed by atoms with Gasteiger partial charge in [-0.3, -0.25) is 0 Å². The van der Waals surface area contributed by atoms with Crippen LogP contribution in [0.15, 0.2) is 24.3 Å². The van der Waals surface area contributed by atoms with Crippen molar-refractivity contribution in [1.82, 2.24) is 0 Å². The van der Waals surface area contributed by atoms with E-state index in [-0.39, 0.29) is 6.61 Å². The molecule has 0 radical (unpaired) electrons. The van der Waals surface area contributed by atoms with Gasteiger partial charge in [0.05, 0.1) is 0 Å². The minimum Gasteiger partial charge on any atom is -0.396 e. The number of aliphatic hydroxyl groups excluding tert-OH is 1. The first kappa shape index (κ1) is 10.2. The molecule has 0 aromatic heterocycles. The van der Waals surface area contributed by atoms with Crippen LogP contribution in [0.4, 0.5) is 0 Å². The molecule has 1 aromatic carbocycles. The van der Waals surface area contributed by atoms with E-state index in [0.29, 0.717) is 12.5 Å². The lowest BCUT2D eigenvalue weighted by Crippen LogP contribution is -2.13. The van der Waals surface area contributed by atoms with Crippen molar-refractivity contribution in [3.63, 3.8) is 0 Å². The number of aliphatic hydroxyl groups is 1. The van der Waals surface area contributed by atoms with E-state index in [1.165, 1.54) is 11.1 Å². The fourth-order valence-electron chi connectivity index (χ4n) is 1.50. The van der Waals surface area contributed by atoms with Gasteiger partial charge < -0.3 is 10.8 Å². The molecule has 1 atom stereocenters. The number of nitrogens with two attached hydrogens (primary N) is 1. The molecule has 13 heavy (non-hydrogen) atoms. The lowest BCUT2D eigenvalue weighted by molar-refractivity contribution is 0.276. The highest BCUT2D eigenvalue weighted by Gasteiger charge is 2.08. The maximum atomic E-state index is 8.84. The van der Waals surface area contributed by atoms with Gasteiger partial charge >= 0.3 is 0 Å². The normalized spacial score (nSPS) is 12.8. The van der Waals surface area contributed by atoms with Gasteiger partial charge in [-0.25, -0.2) is 0 Å². The van der Waals surface area contributed by atoms with Crippen LogP contribution in [0.5, 0.6) is 0 Å². The van der Waals surface area contributed by atoms with Crippen LogP contribution in [-0.2, 0) is 0 Å². The number of rotatable bonds is 4. The second-order valence-corrected chi connectivity index (χ2v) is 3.36. The molecule has 0 aliphatic heterocycles. The Hall–Kier alpha value is -0.860. The molecule has 1 unspecified atom stereocenters. The Balaban J connectivity index is 2.78. The highest BCUT2D eigenvalue weighted by molar-refractivity contribution is 5.25. The summed E-state index contributed by atoms with van der Waals surface area (Å²) < 4.78 is 0. The highest BCUT2D eigenvalue weighted by atomic mass is 16.3. The fourth-order valence-corrected chi connectivity index (χ4v) is 1.50. The van der Waals surface area contributed by atoms with Crippen molar-refractivity contribution in [3.8, 4) is 0 Å². The maximum Gasteiger partial charge on any atom is 0.0437 e. The summed E-state index contributed by atoms with van der Waals surface area (Å²) in [6.45, 7) is 2.87. The SMILES string of the molecule is Cc1cccc(C(CN)CCO)c1. The highest BCUT2D eigenvalue weighted by Crippen LogP contribution is 2.18. The van der Waals surface area contributed by atoms with Crippen LogP contribution >= 0.6 is 0 Å². The number of benzene rings is 1. The number of hydrogen-bond acceptors (Lipinski definition) is 2. The van der Waals surface area contributed by atoms with Crippen molar-refractivity contribution in [2.45, 2.75) is 19.3 Å². The van der Waals surface area contributed by atoms with Crippen LogP contribution in [0, 0.1) is 6.92 Å². The smallest absolute Gasteiger partial charge is 0.0437 e. The summed E-state index contributed by atoms with van der Waals surface area (Å²) in [4.78, 5) is 0. The fraction of sp³-hybridized carbons (Fsp3) is 0.455. The molecular weight excluding hydrogens is 162 g/mol. The third-order valence-corrected chi connectivity index (χ3v) is 2.28. The molecule has 0 aliphatic carbocycles. The summed E-state index contributed by atoms with van der Waals surface area (Å²) in [7, 11) is 0. The van der Waals surface area contributed by atoms with Gasteiger partial charge in [0.1, 0.15) is 0 Å². The van der Waals surface area contributed by atoms with Crippen LogP contribution in [0.3, 0.4) is 0 Å². The minimum absolute atomic E-state index is 0.204. The summed E-state index contributed by atoms with van der Waals surface area (Å²) in [6.07, 6.45) is 0.750. The quantitative estimate of drug-likeness (QED) is 0.734. The van der Waals surface area contributed by atoms with Gasteiger partial charge in [-0.05, 0) is 31.4 Å². The van der Waals surface area contributed by atoms with E-state index >= 15 is 0 Å². The van der Waals surface area contributed by atoms with E-state index in [1.54, 1.807) is 0 Å². The average molecular weight is 179 g/mol. The van der Waals surface area contributed by atoms with Crippen molar-refractivity contribution in [1.29, 1.82) is 0 Å². The minimum atomic E-state index is 0.204. The van der Waals surface area contributed by atoms with Crippen LogP contribution in [0.25, 0.3) is 0 Å². The first-order chi connectivity index (χ1) is 6.27. The molecule has 0 aliphatic rings. The standard InChI is InChI=1S/C11H17NO/c1-9-3-2-4-10(7-9)11(8-12)5-6-13/h2-4,7,11,13H,5-6,8,12H2,1H3. The molecule has 72 valence electrons. The van der Waals surface area contributed by atoms with Crippen LogP contribution < -0.4 is 5.73 Å². The first-order valence-electron chi connectivity index (χ1n) is 4.65. The number of hydrogen-bond donors (Lipinski definition) is 2. The van der Waals surface area contributed by atoms with Crippen LogP contribution in [0.1, 0.15) is 23.5 Å². The monoisotopic (exact) mass is 179 g/mol. The summed E-state index contributed by atoms with van der Waals surface area (Å²) in [5, 5.41) is 8.84. The van der Waals surface area contributed by atoms with Gasteiger partial charge in [0.15, 0.2) is 0 Å². The Labute approximate surface area is 79.4 Å². The molecule has 0 amide bonds. The van der Waals surface area contributed by atoms with E-state index in [0.717, 1.165) is 6.42 Å². The van der Waals surface area contributed by atoms with E-state index in [4.69, 9.17) is 10.8 Å². The molecule has 0 saturated heterocycles. The Morgan fingerprint density at radius 3 is 2.77 bits per heavy atom. The second-order valence-electron chi connectivity index (χ2n) is 3.36. The lowest BCUT2D eigenvalue weighted by Gasteiger charge is -2.13. The molecule has 3 N–H and O–H groups in total. The van der Waals surface area contributed by atoms with Crippen molar-refractivity contribution >= 4 is 0 Å². The predicted octanol–water partition coefficient (Wildman–Crippen LogP) is 1.42. The molecule has 1 rings (SSSR count). The Morgan fingerprint density at radius 2 is 2.23 bits per heavy atom. The van der Waals surface area contributed by atoms with Gasteiger partial charge in [0, 0.05) is 6.61 Å². The average Bonchev–Trinajstić information content (AvgIpc) is 2.14. The van der Waals surface area contributed by atoms with Gasteiger partial charge in [0.25, 0.3) is 0 Å². The molecule has 1 aromatic rings. The van der Waals surface area contributed by atoms with Crippen molar-refractivity contribution in [2.24, 2.45) is 5.73 Å². The topological polar surface area (TPSA) is 46.2 Å². The van der Waals surface area contributed by atoms with Gasteiger partial charge in [0.2, 0.25) is 0 Å². The Bertz CT molecular complexity index is 260. The zero-order chi connectivity index (χ0) is 9.68. The van der Waals surface area contributed by atoms with Crippen LogP contribution in [-0.4, -0.2) is 18.3 Å². The Kier molecular flexibility index (Phi) is 3.93. The molecular formula is C11H17NO. The van der Waals surface area contributed by atoms with Crippen molar-refractivity contribution in [3.05, 3.63) is 35.4 Å². The molecule has 0 heterocycles. The summed E-state index contributed by atoms with van der Waals surface area (Å²) in [5.74, 6) is 0.296. The van der Waals surface area contributed by atoms with Crippen molar-refractivity contribution < 1.29 is 5.11 Å². The zero-order valence-corrected chi connectivity index (χ0v) is 8.03. The second kappa shape index (κ2) is 5.00. The van der Waals surface area contributed by atoms with Gasteiger partial charge in [-0.2, -0.15) is 0 Å². The Morgan fingerprint density at radius 1 is 1.46 bits per heavy atom. The maximum absolute atomic E-state index is 8.84. The number of aryl methyl sites for hydroxylation is 1. The largest absolute Gasteiger partial charge is 0.396 e. The molecule has 2 heteroatoms. The predicted molar refractivity (Wildman–Crippen MR) is 54.7 cm³/mol. The van der Waals surface area contributed by atoms with E-state index in [9.17, 15) is 0 Å². The van der Waals surface area contributed by atoms with Crippen LogP contribution in [0.2, 0.25) is 0 Å². The zero-order valence-electron chi connectivity index (χ0n) is 8.03. The molecule has 0 fully saturated rings. The third-order valence-electron chi connectivity index (χ3n) is 2.28. The van der Waals surface area contributed by atoms with Gasteiger partial charge in [-0.1, -0.05) is 29.8 Å². The molecule has 0 spiro atoms. The van der Waals surface area contributed by atoms with Gasteiger partial charge in [-0.15, -0.1) is 0 Å². The first-order valence-corrected chi connectivity index (χ1v) is 4.65.